The zero-order valence-electron chi connectivity index (χ0n) is 18.8. The third-order valence-electron chi connectivity index (χ3n) is 5.82. The molecule has 0 atom stereocenters. The first-order valence-electron chi connectivity index (χ1n) is 10.5. The fourth-order valence-corrected chi connectivity index (χ4v) is 4.83. The van der Waals surface area contributed by atoms with Crippen LogP contribution in [0.5, 0.6) is 0 Å². The van der Waals surface area contributed by atoms with E-state index < -0.39 is 0 Å². The van der Waals surface area contributed by atoms with Crippen LogP contribution in [0.2, 0.25) is 0 Å². The molecule has 0 saturated carbocycles. The van der Waals surface area contributed by atoms with Crippen molar-refractivity contribution in [2.45, 2.75) is 41.5 Å². The van der Waals surface area contributed by atoms with Gasteiger partial charge in [-0.1, -0.05) is 59.7 Å². The van der Waals surface area contributed by atoms with Gasteiger partial charge < -0.3 is 0 Å². The van der Waals surface area contributed by atoms with Crippen LogP contribution in [-0.4, -0.2) is 0 Å². The van der Waals surface area contributed by atoms with Crippen LogP contribution in [0.1, 0.15) is 33.4 Å². The minimum absolute atomic E-state index is 1.08. The van der Waals surface area contributed by atoms with Crippen molar-refractivity contribution in [2.24, 2.45) is 0 Å². The molecule has 0 saturated heterocycles. The van der Waals surface area contributed by atoms with Gasteiger partial charge in [-0.2, -0.15) is 0 Å². The molecule has 0 nitrogen and oxygen atoms in total. The van der Waals surface area contributed by atoms with Crippen molar-refractivity contribution in [3.63, 3.8) is 0 Å². The van der Waals surface area contributed by atoms with E-state index in [2.05, 4.69) is 102 Å². The average Bonchev–Trinajstić information content (AvgIpc) is 2.67. The van der Waals surface area contributed by atoms with Crippen LogP contribution in [0.15, 0.2) is 60.7 Å². The van der Waals surface area contributed by atoms with E-state index in [4.69, 9.17) is 0 Å². The largest absolute Gasteiger partial charge is 0.0557 e. The molecule has 0 aromatic heterocycles. The lowest BCUT2D eigenvalue weighted by molar-refractivity contribution is 1.32. The molecule has 0 aliphatic rings. The van der Waals surface area contributed by atoms with Gasteiger partial charge in [0, 0.05) is 0 Å². The fourth-order valence-electron chi connectivity index (χ4n) is 4.83. The monoisotopic (exact) mass is 388 g/mol. The molecular weight excluding hydrogens is 360 g/mol. The highest BCUT2D eigenvalue weighted by molar-refractivity contribution is 5.80. The summed E-state index contributed by atoms with van der Waals surface area (Å²) in [4.78, 5) is 0. The van der Waals surface area contributed by atoms with Gasteiger partial charge in [0.05, 0.1) is 0 Å². The van der Waals surface area contributed by atoms with E-state index in [0.29, 0.717) is 0 Å². The second kappa shape index (κ2) is 7.95. The van der Waals surface area contributed by atoms with Gasteiger partial charge in [-0.15, -0.1) is 0 Å². The Morgan fingerprint density at radius 3 is 1.13 bits per heavy atom. The van der Waals surface area contributed by atoms with Crippen molar-refractivity contribution < 1.29 is 0 Å². The fraction of sp³-hybridized carbons (Fsp3) is 0.200. The van der Waals surface area contributed by atoms with Gasteiger partial charge >= 0.3 is 0 Å². The highest BCUT2D eigenvalue weighted by atomic mass is 14.1. The smallest absolute Gasteiger partial charge is 0.00926 e. The molecule has 0 heteroatoms. The third-order valence-corrected chi connectivity index (χ3v) is 5.82. The molecule has 0 bridgehead atoms. The zero-order valence-corrected chi connectivity index (χ0v) is 18.8. The van der Waals surface area contributed by atoms with Crippen molar-refractivity contribution >= 4 is 0 Å². The predicted molar refractivity (Wildman–Crippen MR) is 129 cm³/mol. The van der Waals surface area contributed by atoms with Crippen molar-refractivity contribution in [1.29, 1.82) is 0 Å². The van der Waals surface area contributed by atoms with E-state index in [-0.39, 0.29) is 0 Å². The number of hydrogen-bond donors (Lipinski definition) is 0. The van der Waals surface area contributed by atoms with Crippen molar-refractivity contribution in [3.05, 3.63) is 106 Å². The molecule has 0 heterocycles. The molecule has 0 aliphatic carbocycles. The van der Waals surface area contributed by atoms with Crippen LogP contribution in [-0.2, 0) is 0 Å². The Balaban J connectivity index is 1.81. The molecule has 0 N–H and O–H groups in total. The summed E-state index contributed by atoms with van der Waals surface area (Å²) in [5.41, 5.74) is 15.1. The van der Waals surface area contributed by atoms with Crippen molar-refractivity contribution in [1.82, 2.24) is 0 Å². The molecule has 2 radical (unpaired) electrons. The summed E-state index contributed by atoms with van der Waals surface area (Å²) in [6.07, 6.45) is 0. The van der Waals surface area contributed by atoms with Gasteiger partial charge in [0.25, 0.3) is 0 Å². The molecule has 0 amide bonds. The Kier molecular flexibility index (Phi) is 5.35. The zero-order chi connectivity index (χ0) is 21.4. The molecule has 0 fully saturated rings. The Labute approximate surface area is 181 Å². The quantitative estimate of drug-likeness (QED) is 0.332. The molecule has 0 unspecified atom stereocenters. The first-order valence-corrected chi connectivity index (χ1v) is 10.5. The molecule has 0 aliphatic heterocycles. The van der Waals surface area contributed by atoms with Gasteiger partial charge in [0.1, 0.15) is 0 Å². The Bertz CT molecular complexity index is 1100. The molecule has 4 aromatic carbocycles. The Hall–Kier alpha value is -3.12. The van der Waals surface area contributed by atoms with Crippen LogP contribution >= 0.6 is 0 Å². The lowest BCUT2D eigenvalue weighted by Crippen LogP contribution is -1.92. The van der Waals surface area contributed by atoms with E-state index >= 15 is 0 Å². The van der Waals surface area contributed by atoms with Crippen LogP contribution in [0, 0.1) is 53.7 Å². The minimum Gasteiger partial charge on any atom is -0.0557 e. The lowest BCUT2D eigenvalue weighted by Gasteiger charge is -2.14. The maximum atomic E-state index is 3.43. The Morgan fingerprint density at radius 2 is 0.800 bits per heavy atom. The summed E-state index contributed by atoms with van der Waals surface area (Å²) in [6.45, 7) is 13.1. The third kappa shape index (κ3) is 3.83. The molecule has 30 heavy (non-hydrogen) atoms. The van der Waals surface area contributed by atoms with Gasteiger partial charge in [0.2, 0.25) is 0 Å². The van der Waals surface area contributed by atoms with Gasteiger partial charge in [-0.05, 0) is 121 Å². The second-order valence-corrected chi connectivity index (χ2v) is 8.53. The molecular formula is C30H28. The summed E-state index contributed by atoms with van der Waals surface area (Å²) in [6, 6.07) is 28.8. The minimum atomic E-state index is 1.08. The molecule has 0 spiro atoms. The molecule has 148 valence electrons. The van der Waals surface area contributed by atoms with E-state index in [1.165, 1.54) is 55.6 Å². The summed E-state index contributed by atoms with van der Waals surface area (Å²) in [7, 11) is 0. The maximum absolute atomic E-state index is 3.43. The summed E-state index contributed by atoms with van der Waals surface area (Å²) < 4.78 is 0. The summed E-state index contributed by atoms with van der Waals surface area (Å²) in [5.74, 6) is 0. The SMILES string of the molecule is Cc1cc(C)c(-c2cc[c]c(-c3[c]ccc(-c4c(C)cc(C)cc4C)c3)c2)c(C)c1. The van der Waals surface area contributed by atoms with Crippen molar-refractivity contribution in [2.75, 3.05) is 0 Å². The topological polar surface area (TPSA) is 0 Å². The number of benzene rings is 4. The summed E-state index contributed by atoms with van der Waals surface area (Å²) in [5, 5.41) is 0. The normalized spacial score (nSPS) is 11.0. The maximum Gasteiger partial charge on any atom is -0.00926 e. The van der Waals surface area contributed by atoms with Crippen LogP contribution in [0.4, 0.5) is 0 Å². The summed E-state index contributed by atoms with van der Waals surface area (Å²) >= 11 is 0. The number of rotatable bonds is 3. The molecule has 4 aromatic rings. The van der Waals surface area contributed by atoms with Gasteiger partial charge in [-0.25, -0.2) is 0 Å². The number of aryl methyl sites for hydroxylation is 6. The predicted octanol–water partition coefficient (Wildman–Crippen LogP) is 8.14. The van der Waals surface area contributed by atoms with Crippen LogP contribution < -0.4 is 0 Å². The van der Waals surface area contributed by atoms with Crippen LogP contribution in [0.25, 0.3) is 33.4 Å². The van der Waals surface area contributed by atoms with Gasteiger partial charge in [-0.3, -0.25) is 0 Å². The highest BCUT2D eigenvalue weighted by Crippen LogP contribution is 2.34. The average molecular weight is 389 g/mol. The lowest BCUT2D eigenvalue weighted by atomic mass is 9.90. The van der Waals surface area contributed by atoms with E-state index in [0.717, 1.165) is 11.1 Å². The standard InChI is InChI=1S/C30H28/c1-19-13-21(3)29(22(4)14-19)27-11-7-9-25(17-27)26-10-8-12-28(18-26)30-23(5)15-20(2)16-24(30)6/h7-8,11-18H,1-6H3. The van der Waals surface area contributed by atoms with E-state index in [9.17, 15) is 0 Å². The van der Waals surface area contributed by atoms with Crippen LogP contribution in [0.3, 0.4) is 0 Å². The van der Waals surface area contributed by atoms with Gasteiger partial charge in [0.15, 0.2) is 0 Å². The first kappa shape index (κ1) is 20.2. The van der Waals surface area contributed by atoms with E-state index in [1.807, 2.05) is 12.1 Å². The number of hydrogen-bond acceptors (Lipinski definition) is 0. The first-order chi connectivity index (χ1) is 14.3. The molecule has 4 rings (SSSR count). The Morgan fingerprint density at radius 1 is 0.467 bits per heavy atom. The highest BCUT2D eigenvalue weighted by Gasteiger charge is 2.11. The second-order valence-electron chi connectivity index (χ2n) is 8.53. The van der Waals surface area contributed by atoms with Crippen molar-refractivity contribution in [3.8, 4) is 33.4 Å². The van der Waals surface area contributed by atoms with E-state index in [1.54, 1.807) is 0 Å².